The maximum atomic E-state index is 13.4. The quantitative estimate of drug-likeness (QED) is 0.888. The van der Waals surface area contributed by atoms with E-state index in [2.05, 4.69) is 18.7 Å². The first-order valence-electron chi connectivity index (χ1n) is 6.88. The third kappa shape index (κ3) is 2.37. The summed E-state index contributed by atoms with van der Waals surface area (Å²) in [7, 11) is 0. The van der Waals surface area contributed by atoms with E-state index in [1.54, 1.807) is 12.1 Å². The zero-order chi connectivity index (χ0) is 13.3. The van der Waals surface area contributed by atoms with Gasteiger partial charge in [0.1, 0.15) is 5.82 Å². The van der Waals surface area contributed by atoms with Crippen LogP contribution in [0.15, 0.2) is 18.2 Å². The second-order valence-corrected chi connectivity index (χ2v) is 5.39. The first-order chi connectivity index (χ1) is 8.54. The Balaban J connectivity index is 2.43. The number of nitrogens with two attached hydrogens (primary N) is 1. The Kier molecular flexibility index (Phi) is 3.91. The molecule has 0 aliphatic carbocycles. The Hall–Kier alpha value is -1.09. The fourth-order valence-electron chi connectivity index (χ4n) is 3.03. The fraction of sp³-hybridized carbons (Fsp3) is 0.600. The molecule has 0 amide bonds. The van der Waals surface area contributed by atoms with E-state index in [0.29, 0.717) is 12.1 Å². The van der Waals surface area contributed by atoms with Crippen molar-refractivity contribution < 1.29 is 4.39 Å². The van der Waals surface area contributed by atoms with Crippen molar-refractivity contribution in [2.75, 3.05) is 4.90 Å². The van der Waals surface area contributed by atoms with Gasteiger partial charge < -0.3 is 10.6 Å². The van der Waals surface area contributed by atoms with Crippen LogP contribution in [0.4, 0.5) is 10.1 Å². The van der Waals surface area contributed by atoms with Gasteiger partial charge in [-0.05, 0) is 56.9 Å². The normalized spacial score (nSPS) is 25.5. The average molecular weight is 250 g/mol. The van der Waals surface area contributed by atoms with Gasteiger partial charge >= 0.3 is 0 Å². The van der Waals surface area contributed by atoms with Gasteiger partial charge in [-0.15, -0.1) is 0 Å². The van der Waals surface area contributed by atoms with Gasteiger partial charge in [-0.3, -0.25) is 0 Å². The average Bonchev–Trinajstić information content (AvgIpc) is 2.70. The third-order valence-corrected chi connectivity index (χ3v) is 4.02. The van der Waals surface area contributed by atoms with E-state index < -0.39 is 0 Å². The highest BCUT2D eigenvalue weighted by atomic mass is 19.1. The predicted octanol–water partition coefficient (Wildman–Crippen LogP) is 3.61. The Bertz CT molecular complexity index is 417. The van der Waals surface area contributed by atoms with Crippen molar-refractivity contribution >= 4 is 5.69 Å². The van der Waals surface area contributed by atoms with Crippen LogP contribution in [0, 0.1) is 5.82 Å². The number of rotatable bonds is 3. The van der Waals surface area contributed by atoms with Crippen molar-refractivity contribution in [3.8, 4) is 0 Å². The number of nitrogens with zero attached hydrogens (tertiary/aromatic N) is 1. The predicted molar refractivity (Wildman–Crippen MR) is 74.3 cm³/mol. The van der Waals surface area contributed by atoms with E-state index in [0.717, 1.165) is 17.7 Å². The molecule has 1 heterocycles. The summed E-state index contributed by atoms with van der Waals surface area (Å²) in [5.74, 6) is -0.203. The summed E-state index contributed by atoms with van der Waals surface area (Å²) >= 11 is 0. The molecule has 2 rings (SSSR count). The molecule has 0 aromatic heterocycles. The lowest BCUT2D eigenvalue weighted by atomic mass is 10.0. The number of hydrogen-bond acceptors (Lipinski definition) is 2. The molecule has 1 aliphatic heterocycles. The molecule has 1 saturated heterocycles. The van der Waals surface area contributed by atoms with Crippen molar-refractivity contribution in [2.24, 2.45) is 5.73 Å². The zero-order valence-corrected chi connectivity index (χ0v) is 11.5. The van der Waals surface area contributed by atoms with Gasteiger partial charge in [0.05, 0.1) is 0 Å². The van der Waals surface area contributed by atoms with Crippen LogP contribution in [0.1, 0.15) is 51.6 Å². The van der Waals surface area contributed by atoms with E-state index in [-0.39, 0.29) is 11.9 Å². The Morgan fingerprint density at radius 3 is 2.78 bits per heavy atom. The standard InChI is InChI=1S/C15H23FN2/c1-4-13-7-5-10(2)18(13)15-8-6-12(16)9-14(15)11(3)17/h6,8-11,13H,4-5,7,17H2,1-3H3/t10?,11-,13?/m1/s1. The van der Waals surface area contributed by atoms with E-state index in [1.165, 1.54) is 12.8 Å². The van der Waals surface area contributed by atoms with Crippen LogP contribution < -0.4 is 10.6 Å². The van der Waals surface area contributed by atoms with Gasteiger partial charge in [0, 0.05) is 23.8 Å². The first-order valence-corrected chi connectivity index (χ1v) is 6.88. The minimum absolute atomic E-state index is 0.138. The second-order valence-electron chi connectivity index (χ2n) is 5.39. The highest BCUT2D eigenvalue weighted by molar-refractivity contribution is 5.57. The zero-order valence-electron chi connectivity index (χ0n) is 11.5. The molecule has 2 unspecified atom stereocenters. The second kappa shape index (κ2) is 5.27. The number of halogens is 1. The fourth-order valence-corrected chi connectivity index (χ4v) is 3.03. The molecular formula is C15H23FN2. The summed E-state index contributed by atoms with van der Waals surface area (Å²) in [6.45, 7) is 6.37. The van der Waals surface area contributed by atoms with Crippen LogP contribution in [0.3, 0.4) is 0 Å². The third-order valence-electron chi connectivity index (χ3n) is 4.02. The molecule has 0 saturated carbocycles. The molecule has 0 bridgehead atoms. The minimum atomic E-state index is -0.203. The van der Waals surface area contributed by atoms with Gasteiger partial charge in [-0.1, -0.05) is 6.92 Å². The summed E-state index contributed by atoms with van der Waals surface area (Å²) in [4.78, 5) is 2.43. The van der Waals surface area contributed by atoms with Crippen LogP contribution in [-0.4, -0.2) is 12.1 Å². The molecule has 0 radical (unpaired) electrons. The topological polar surface area (TPSA) is 29.3 Å². The highest BCUT2D eigenvalue weighted by Crippen LogP contribution is 2.36. The largest absolute Gasteiger partial charge is 0.366 e. The molecule has 1 aromatic rings. The van der Waals surface area contributed by atoms with Crippen LogP contribution in [-0.2, 0) is 0 Å². The van der Waals surface area contributed by atoms with Crippen molar-refractivity contribution in [3.63, 3.8) is 0 Å². The van der Waals surface area contributed by atoms with Crippen LogP contribution in [0.25, 0.3) is 0 Å². The van der Waals surface area contributed by atoms with Gasteiger partial charge in [0.25, 0.3) is 0 Å². The molecule has 1 aliphatic rings. The van der Waals surface area contributed by atoms with Gasteiger partial charge in [0.2, 0.25) is 0 Å². The number of benzene rings is 1. The maximum Gasteiger partial charge on any atom is 0.123 e. The summed E-state index contributed by atoms with van der Waals surface area (Å²) in [5, 5.41) is 0. The Labute approximate surface area is 109 Å². The Morgan fingerprint density at radius 2 is 2.17 bits per heavy atom. The minimum Gasteiger partial charge on any atom is -0.366 e. The summed E-state index contributed by atoms with van der Waals surface area (Å²) in [5.41, 5.74) is 8.02. The Morgan fingerprint density at radius 1 is 1.44 bits per heavy atom. The molecular weight excluding hydrogens is 227 g/mol. The molecule has 18 heavy (non-hydrogen) atoms. The van der Waals surface area contributed by atoms with E-state index in [4.69, 9.17) is 5.73 Å². The van der Waals surface area contributed by atoms with Crippen LogP contribution in [0.2, 0.25) is 0 Å². The smallest absolute Gasteiger partial charge is 0.123 e. The van der Waals surface area contributed by atoms with E-state index >= 15 is 0 Å². The highest BCUT2D eigenvalue weighted by Gasteiger charge is 2.31. The molecule has 3 atom stereocenters. The molecule has 2 nitrogen and oxygen atoms in total. The van der Waals surface area contributed by atoms with Crippen molar-refractivity contribution in [3.05, 3.63) is 29.6 Å². The lowest BCUT2D eigenvalue weighted by Crippen LogP contribution is -2.35. The lowest BCUT2D eigenvalue weighted by molar-refractivity contribution is 0.607. The summed E-state index contributed by atoms with van der Waals surface area (Å²) < 4.78 is 13.4. The van der Waals surface area contributed by atoms with Gasteiger partial charge in [-0.2, -0.15) is 0 Å². The lowest BCUT2D eigenvalue weighted by Gasteiger charge is -2.33. The SMILES string of the molecule is CCC1CCC(C)N1c1ccc(F)cc1[C@@H](C)N. The van der Waals surface area contributed by atoms with Crippen LogP contribution >= 0.6 is 0 Å². The monoisotopic (exact) mass is 250 g/mol. The van der Waals surface area contributed by atoms with E-state index in [1.807, 2.05) is 13.0 Å². The summed E-state index contributed by atoms with van der Waals surface area (Å²) in [6, 6.07) is 5.94. The maximum absolute atomic E-state index is 13.4. The first kappa shape index (κ1) is 13.3. The molecule has 1 fully saturated rings. The number of hydrogen-bond donors (Lipinski definition) is 1. The van der Waals surface area contributed by atoms with Crippen LogP contribution in [0.5, 0.6) is 0 Å². The molecule has 3 heteroatoms. The van der Waals surface area contributed by atoms with E-state index in [9.17, 15) is 4.39 Å². The van der Waals surface area contributed by atoms with Gasteiger partial charge in [0.15, 0.2) is 0 Å². The molecule has 0 spiro atoms. The van der Waals surface area contributed by atoms with Crippen molar-refractivity contribution in [1.82, 2.24) is 0 Å². The summed E-state index contributed by atoms with van der Waals surface area (Å²) in [6.07, 6.45) is 3.54. The van der Waals surface area contributed by atoms with Crippen molar-refractivity contribution in [1.29, 1.82) is 0 Å². The molecule has 2 N–H and O–H groups in total. The number of anilines is 1. The molecule has 100 valence electrons. The van der Waals surface area contributed by atoms with Crippen molar-refractivity contribution in [2.45, 2.75) is 58.2 Å². The molecule has 1 aromatic carbocycles. The van der Waals surface area contributed by atoms with Gasteiger partial charge in [-0.25, -0.2) is 4.39 Å².